The molecule has 3 nitrogen and oxygen atoms in total. The first-order valence-corrected chi connectivity index (χ1v) is 22.9. The first-order chi connectivity index (χ1) is 31.8. The quantitative estimate of drug-likeness (QED) is 0.163. The Balaban J connectivity index is 0.992. The lowest BCUT2D eigenvalue weighted by Gasteiger charge is -2.28. The number of anilines is 3. The molecule has 0 bridgehead atoms. The molecule has 0 unspecified atom stereocenters. The van der Waals surface area contributed by atoms with Crippen LogP contribution in [0.1, 0.15) is 49.9 Å². The van der Waals surface area contributed by atoms with Crippen molar-refractivity contribution in [2.75, 3.05) is 4.90 Å². The molecule has 0 radical (unpaired) electrons. The number of para-hydroxylation sites is 2. The molecule has 0 saturated heterocycles. The Morgan fingerprint density at radius 1 is 0.338 bits per heavy atom. The van der Waals surface area contributed by atoms with Gasteiger partial charge in [-0.05, 0) is 123 Å². The summed E-state index contributed by atoms with van der Waals surface area (Å²) in [6, 6.07) is 78.6. The first kappa shape index (κ1) is 37.7. The van der Waals surface area contributed by atoms with Crippen LogP contribution < -0.4 is 4.90 Å². The molecule has 0 fully saturated rings. The molecule has 3 heteroatoms. The summed E-state index contributed by atoms with van der Waals surface area (Å²) >= 11 is 0. The molecule has 0 aliphatic heterocycles. The van der Waals surface area contributed by atoms with E-state index < -0.39 is 0 Å². The highest BCUT2D eigenvalue weighted by molar-refractivity contribution is 6.15. The Kier molecular flexibility index (Phi) is 8.00. The second kappa shape index (κ2) is 13.8. The highest BCUT2D eigenvalue weighted by Crippen LogP contribution is 2.55. The molecule has 2 aliphatic carbocycles. The number of hydrogen-bond acceptors (Lipinski definition) is 1. The van der Waals surface area contributed by atoms with E-state index in [0.717, 1.165) is 22.7 Å². The zero-order valence-corrected chi connectivity index (χ0v) is 37.0. The van der Waals surface area contributed by atoms with Crippen LogP contribution in [0, 0.1) is 0 Å². The maximum Gasteiger partial charge on any atom is 0.0585 e. The van der Waals surface area contributed by atoms with Gasteiger partial charge in [-0.2, -0.15) is 0 Å². The third-order valence-electron chi connectivity index (χ3n) is 14.7. The minimum atomic E-state index is -0.154. The van der Waals surface area contributed by atoms with E-state index in [4.69, 9.17) is 0 Å². The molecule has 0 atom stereocenters. The second-order valence-electron chi connectivity index (χ2n) is 19.0. The van der Waals surface area contributed by atoms with Crippen molar-refractivity contribution in [3.05, 3.63) is 235 Å². The predicted molar refractivity (Wildman–Crippen MR) is 273 cm³/mol. The molecule has 11 aromatic rings. The van der Waals surface area contributed by atoms with Crippen molar-refractivity contribution in [2.45, 2.75) is 38.5 Å². The molecule has 0 N–H and O–H groups in total. The van der Waals surface area contributed by atoms with Gasteiger partial charge in [0, 0.05) is 61.0 Å². The van der Waals surface area contributed by atoms with Crippen LogP contribution in [0.3, 0.4) is 0 Å². The minimum absolute atomic E-state index is 0.115. The standard InChI is InChI=1S/C62H47N3/c1-61(2)53-24-14-11-21-47(53)48-36-35-46(37-55(48)61)63(43-29-27-41(28-30-43)40-17-7-5-8-18-40)44-31-33-45(34-32-44)64-56-26-16-13-22-49(56)51-38-52-58(39-57(51)64)65(42-19-9-6-10-20-42)60-50-23-12-15-25-54(50)62(3,4)59(52)60/h5-39H,1-4H3. The van der Waals surface area contributed by atoms with Crippen molar-refractivity contribution < 1.29 is 0 Å². The van der Waals surface area contributed by atoms with Crippen LogP contribution in [0.15, 0.2) is 212 Å². The third kappa shape index (κ3) is 5.42. The van der Waals surface area contributed by atoms with Crippen LogP contribution >= 0.6 is 0 Å². The Morgan fingerprint density at radius 2 is 0.877 bits per heavy atom. The van der Waals surface area contributed by atoms with Crippen molar-refractivity contribution in [3.63, 3.8) is 0 Å². The van der Waals surface area contributed by atoms with E-state index in [1.165, 1.54) is 94.2 Å². The monoisotopic (exact) mass is 833 g/mol. The van der Waals surface area contributed by atoms with E-state index in [1.807, 2.05) is 0 Å². The Labute approximate surface area is 380 Å². The molecule has 310 valence electrons. The molecule has 2 aromatic heterocycles. The van der Waals surface area contributed by atoms with Gasteiger partial charge in [-0.25, -0.2) is 0 Å². The van der Waals surface area contributed by atoms with Crippen LogP contribution in [-0.4, -0.2) is 9.13 Å². The largest absolute Gasteiger partial charge is 0.310 e. The van der Waals surface area contributed by atoms with Gasteiger partial charge in [0.2, 0.25) is 0 Å². The molecule has 0 saturated carbocycles. The summed E-state index contributed by atoms with van der Waals surface area (Å²) in [6.07, 6.45) is 0. The van der Waals surface area contributed by atoms with Crippen molar-refractivity contribution in [2.24, 2.45) is 0 Å². The highest BCUT2D eigenvalue weighted by atomic mass is 15.1. The van der Waals surface area contributed by atoms with E-state index in [9.17, 15) is 0 Å². The van der Waals surface area contributed by atoms with E-state index in [0.29, 0.717) is 0 Å². The lowest BCUT2D eigenvalue weighted by atomic mass is 9.81. The summed E-state index contributed by atoms with van der Waals surface area (Å²) in [5, 5.41) is 3.83. The fourth-order valence-electron chi connectivity index (χ4n) is 11.6. The van der Waals surface area contributed by atoms with Gasteiger partial charge in [0.25, 0.3) is 0 Å². The van der Waals surface area contributed by atoms with E-state index >= 15 is 0 Å². The highest BCUT2D eigenvalue weighted by Gasteiger charge is 2.41. The van der Waals surface area contributed by atoms with Crippen molar-refractivity contribution in [3.8, 4) is 44.9 Å². The maximum atomic E-state index is 2.51. The minimum Gasteiger partial charge on any atom is -0.310 e. The molecule has 9 aromatic carbocycles. The molecule has 2 aliphatic rings. The van der Waals surface area contributed by atoms with Crippen molar-refractivity contribution >= 4 is 49.8 Å². The Hall–Kier alpha value is -7.88. The zero-order chi connectivity index (χ0) is 43.6. The summed E-state index contributed by atoms with van der Waals surface area (Å²) in [4.78, 5) is 2.42. The zero-order valence-electron chi connectivity index (χ0n) is 37.0. The van der Waals surface area contributed by atoms with Gasteiger partial charge >= 0.3 is 0 Å². The number of rotatable bonds is 6. The van der Waals surface area contributed by atoms with Crippen LogP contribution in [0.5, 0.6) is 0 Å². The third-order valence-corrected chi connectivity index (χ3v) is 14.7. The van der Waals surface area contributed by atoms with Crippen molar-refractivity contribution in [1.29, 1.82) is 0 Å². The van der Waals surface area contributed by atoms with Gasteiger partial charge in [-0.3, -0.25) is 0 Å². The molecule has 0 amide bonds. The van der Waals surface area contributed by atoms with Gasteiger partial charge in [-0.15, -0.1) is 0 Å². The number of hydrogen-bond donors (Lipinski definition) is 0. The normalized spacial score (nSPS) is 14.1. The average molecular weight is 834 g/mol. The summed E-state index contributed by atoms with van der Waals surface area (Å²) in [5.41, 5.74) is 22.2. The van der Waals surface area contributed by atoms with E-state index in [1.54, 1.807) is 0 Å². The smallest absolute Gasteiger partial charge is 0.0585 e. The van der Waals surface area contributed by atoms with Crippen LogP contribution in [0.2, 0.25) is 0 Å². The number of benzene rings is 9. The van der Waals surface area contributed by atoms with Gasteiger partial charge in [0.05, 0.1) is 22.2 Å². The molecular formula is C62H47N3. The molecule has 13 rings (SSSR count). The summed E-state index contributed by atoms with van der Waals surface area (Å²) in [6.45, 7) is 9.51. The Bertz CT molecular complexity index is 3680. The predicted octanol–water partition coefficient (Wildman–Crippen LogP) is 16.5. The second-order valence-corrected chi connectivity index (χ2v) is 19.0. The van der Waals surface area contributed by atoms with Gasteiger partial charge in [-0.1, -0.05) is 161 Å². The molecular weight excluding hydrogens is 787 g/mol. The lowest BCUT2D eigenvalue weighted by Crippen LogP contribution is -2.16. The SMILES string of the molecule is CC1(C)c2ccccc2-c2ccc(N(c3ccc(-c4ccccc4)cc3)c3ccc(-n4c5ccccc5c5cc6c7c(n(-c8ccccc8)c6cc54)-c4ccccc4C7(C)C)cc3)cc21. The first-order valence-electron chi connectivity index (χ1n) is 22.9. The molecule has 0 spiro atoms. The average Bonchev–Trinajstić information content (AvgIpc) is 4.01. The summed E-state index contributed by atoms with van der Waals surface area (Å²) < 4.78 is 4.98. The lowest BCUT2D eigenvalue weighted by molar-refractivity contribution is 0.660. The fourth-order valence-corrected chi connectivity index (χ4v) is 11.6. The van der Waals surface area contributed by atoms with Gasteiger partial charge in [0.1, 0.15) is 0 Å². The van der Waals surface area contributed by atoms with Crippen molar-refractivity contribution in [1.82, 2.24) is 9.13 Å². The molecule has 2 heterocycles. The van der Waals surface area contributed by atoms with Crippen LogP contribution in [0.4, 0.5) is 17.1 Å². The van der Waals surface area contributed by atoms with Gasteiger partial charge < -0.3 is 14.0 Å². The fraction of sp³-hybridized carbons (Fsp3) is 0.0968. The molecule has 65 heavy (non-hydrogen) atoms. The number of aromatic nitrogens is 2. The van der Waals surface area contributed by atoms with Crippen LogP contribution in [0.25, 0.3) is 77.6 Å². The Morgan fingerprint density at radius 3 is 1.62 bits per heavy atom. The number of fused-ring (bicyclic) bond motifs is 11. The summed E-state index contributed by atoms with van der Waals surface area (Å²) in [7, 11) is 0. The van der Waals surface area contributed by atoms with Crippen LogP contribution in [-0.2, 0) is 10.8 Å². The number of nitrogens with zero attached hydrogens (tertiary/aromatic N) is 3. The summed E-state index contributed by atoms with van der Waals surface area (Å²) in [5.74, 6) is 0. The van der Waals surface area contributed by atoms with E-state index in [2.05, 4.69) is 254 Å². The van der Waals surface area contributed by atoms with E-state index in [-0.39, 0.29) is 10.8 Å². The maximum absolute atomic E-state index is 2.51. The van der Waals surface area contributed by atoms with Gasteiger partial charge in [0.15, 0.2) is 0 Å². The topological polar surface area (TPSA) is 13.1 Å².